The predicted octanol–water partition coefficient (Wildman–Crippen LogP) is 5.56. The third-order valence-corrected chi connectivity index (χ3v) is 7.11. The van der Waals surface area contributed by atoms with Gasteiger partial charge in [0.15, 0.2) is 0 Å². The molecule has 2 fully saturated rings. The Morgan fingerprint density at radius 3 is 2.87 bits per heavy atom. The van der Waals surface area contributed by atoms with E-state index in [1.54, 1.807) is 31.4 Å². The number of nitrogens with zero attached hydrogens (tertiary/aromatic N) is 3. The van der Waals surface area contributed by atoms with Crippen LogP contribution < -0.4 is 15.4 Å². The van der Waals surface area contributed by atoms with Crippen LogP contribution in [-0.2, 0) is 9.53 Å². The zero-order valence-corrected chi connectivity index (χ0v) is 22.0. The molecule has 2 aromatic carbocycles. The smallest absolute Gasteiger partial charge is 0.248 e. The van der Waals surface area contributed by atoms with E-state index in [9.17, 15) is 9.18 Å². The van der Waals surface area contributed by atoms with Crippen LogP contribution in [0.4, 0.5) is 21.6 Å². The summed E-state index contributed by atoms with van der Waals surface area (Å²) in [5, 5.41) is 6.82. The van der Waals surface area contributed by atoms with Gasteiger partial charge in [0.1, 0.15) is 23.7 Å². The summed E-state index contributed by atoms with van der Waals surface area (Å²) in [6.07, 6.45) is 9.41. The van der Waals surface area contributed by atoms with Gasteiger partial charge in [-0.15, -0.1) is 0 Å². The SMILES string of the molecule is COCC1CCCN1C/C=C/C(=O)Nc1cc2c(Nc3ccc(F)c(Cl)c3)ncnc2cc1OCC1CC1. The fourth-order valence-electron chi connectivity index (χ4n) is 4.59. The molecule has 8 nitrogen and oxygen atoms in total. The van der Waals surface area contributed by atoms with Crippen molar-refractivity contribution >= 4 is 45.6 Å². The molecule has 200 valence electrons. The van der Waals surface area contributed by atoms with Gasteiger partial charge in [0, 0.05) is 42.9 Å². The number of anilines is 3. The van der Waals surface area contributed by atoms with Crippen molar-refractivity contribution in [2.75, 3.05) is 44.0 Å². The highest BCUT2D eigenvalue weighted by Gasteiger charge is 2.24. The van der Waals surface area contributed by atoms with Gasteiger partial charge < -0.3 is 20.1 Å². The van der Waals surface area contributed by atoms with Crippen LogP contribution in [0.5, 0.6) is 5.75 Å². The third-order valence-electron chi connectivity index (χ3n) is 6.82. The number of halogens is 2. The van der Waals surface area contributed by atoms with E-state index in [-0.39, 0.29) is 10.9 Å². The number of aromatic nitrogens is 2. The molecule has 1 aliphatic heterocycles. The number of methoxy groups -OCH3 is 1. The van der Waals surface area contributed by atoms with Crippen LogP contribution in [0, 0.1) is 11.7 Å². The molecule has 0 radical (unpaired) electrons. The lowest BCUT2D eigenvalue weighted by molar-refractivity contribution is -0.111. The Morgan fingerprint density at radius 1 is 1.21 bits per heavy atom. The maximum absolute atomic E-state index is 13.6. The number of hydrogen-bond donors (Lipinski definition) is 2. The van der Waals surface area contributed by atoms with Gasteiger partial charge in [-0.1, -0.05) is 17.7 Å². The number of amides is 1. The van der Waals surface area contributed by atoms with Gasteiger partial charge in [0.05, 0.1) is 29.4 Å². The molecule has 1 unspecified atom stereocenters. The molecule has 1 saturated heterocycles. The van der Waals surface area contributed by atoms with Crippen molar-refractivity contribution in [2.24, 2.45) is 5.92 Å². The number of rotatable bonds is 11. The quantitative estimate of drug-likeness (QED) is 0.308. The van der Waals surface area contributed by atoms with Crippen LogP contribution in [0.1, 0.15) is 25.7 Å². The van der Waals surface area contributed by atoms with E-state index in [1.165, 1.54) is 18.5 Å². The minimum absolute atomic E-state index is 0.00587. The van der Waals surface area contributed by atoms with Crippen molar-refractivity contribution in [3.05, 3.63) is 59.7 Å². The topological polar surface area (TPSA) is 88.6 Å². The summed E-state index contributed by atoms with van der Waals surface area (Å²) < 4.78 is 25.0. The van der Waals surface area contributed by atoms with E-state index in [1.807, 2.05) is 6.08 Å². The first-order valence-electron chi connectivity index (χ1n) is 12.8. The lowest BCUT2D eigenvalue weighted by Gasteiger charge is -2.21. The third kappa shape index (κ3) is 6.59. The van der Waals surface area contributed by atoms with Crippen molar-refractivity contribution in [1.82, 2.24) is 14.9 Å². The minimum atomic E-state index is -0.501. The number of benzene rings is 2. The summed E-state index contributed by atoms with van der Waals surface area (Å²) in [5.41, 5.74) is 1.75. The van der Waals surface area contributed by atoms with Crippen LogP contribution in [0.2, 0.25) is 5.02 Å². The van der Waals surface area contributed by atoms with Crippen molar-refractivity contribution in [3.8, 4) is 5.75 Å². The zero-order chi connectivity index (χ0) is 26.5. The minimum Gasteiger partial charge on any atom is -0.491 e. The first-order valence-corrected chi connectivity index (χ1v) is 13.2. The molecule has 1 aliphatic carbocycles. The summed E-state index contributed by atoms with van der Waals surface area (Å²) >= 11 is 5.95. The first kappa shape index (κ1) is 26.3. The molecule has 1 atom stereocenters. The molecule has 1 saturated carbocycles. The van der Waals surface area contributed by atoms with E-state index in [0.29, 0.717) is 65.6 Å². The molecule has 10 heteroatoms. The molecule has 2 aliphatic rings. The summed E-state index contributed by atoms with van der Waals surface area (Å²) in [6, 6.07) is 8.34. The molecule has 0 bridgehead atoms. The number of likely N-dealkylation sites (tertiary alicyclic amines) is 1. The average molecular weight is 540 g/mol. The fraction of sp³-hybridized carbons (Fsp3) is 0.393. The lowest BCUT2D eigenvalue weighted by Crippen LogP contribution is -2.33. The predicted molar refractivity (Wildman–Crippen MR) is 147 cm³/mol. The second-order valence-electron chi connectivity index (χ2n) is 9.73. The summed E-state index contributed by atoms with van der Waals surface area (Å²) in [6.45, 7) is 2.97. The first-order chi connectivity index (χ1) is 18.5. The lowest BCUT2D eigenvalue weighted by atomic mass is 10.1. The molecule has 2 heterocycles. The molecule has 1 amide bonds. The molecule has 2 N–H and O–H groups in total. The molecular weight excluding hydrogens is 509 g/mol. The van der Waals surface area contributed by atoms with Gasteiger partial charge >= 0.3 is 0 Å². The summed E-state index contributed by atoms with van der Waals surface area (Å²) in [7, 11) is 1.72. The van der Waals surface area contributed by atoms with Gasteiger partial charge in [-0.3, -0.25) is 9.69 Å². The number of carbonyl (C=O) groups excluding carboxylic acids is 1. The molecule has 38 heavy (non-hydrogen) atoms. The molecule has 0 spiro atoms. The standard InChI is InChI=1S/C28H31ClFN5O3/c1-37-16-20-4-2-10-35(20)11-3-5-27(36)34-25-13-21-24(14-26(25)38-15-18-6-7-18)31-17-32-28(21)33-19-8-9-23(30)22(29)12-19/h3,5,8-9,12-14,17-18,20H,2,4,6-7,10-11,15-16H2,1H3,(H,34,36)(H,31,32,33)/b5-3+. The summed E-state index contributed by atoms with van der Waals surface area (Å²) in [4.78, 5) is 24.0. The van der Waals surface area contributed by atoms with E-state index in [0.717, 1.165) is 32.2 Å². The molecular formula is C28H31ClFN5O3. The molecule has 1 aromatic heterocycles. The largest absolute Gasteiger partial charge is 0.491 e. The number of carbonyl (C=O) groups is 1. The Kier molecular flexibility index (Phi) is 8.36. The van der Waals surface area contributed by atoms with E-state index < -0.39 is 5.82 Å². The van der Waals surface area contributed by atoms with E-state index >= 15 is 0 Å². The van der Waals surface area contributed by atoms with Crippen molar-refractivity contribution in [3.63, 3.8) is 0 Å². The Morgan fingerprint density at radius 2 is 2.08 bits per heavy atom. The number of ether oxygens (including phenoxy) is 2. The molecule has 5 rings (SSSR count). The van der Waals surface area contributed by atoms with E-state index in [2.05, 4.69) is 25.5 Å². The Hall–Kier alpha value is -3.27. The maximum Gasteiger partial charge on any atom is 0.248 e. The summed E-state index contributed by atoms with van der Waals surface area (Å²) in [5.74, 6) is 0.843. The van der Waals surface area contributed by atoms with Gasteiger partial charge in [0.25, 0.3) is 0 Å². The van der Waals surface area contributed by atoms with Gasteiger partial charge in [0.2, 0.25) is 5.91 Å². The average Bonchev–Trinajstić information content (AvgIpc) is 3.63. The van der Waals surface area contributed by atoms with E-state index in [4.69, 9.17) is 21.1 Å². The second kappa shape index (κ2) is 12.1. The van der Waals surface area contributed by atoms with Crippen molar-refractivity contribution < 1.29 is 18.7 Å². The highest BCUT2D eigenvalue weighted by molar-refractivity contribution is 6.31. The Balaban J connectivity index is 1.36. The zero-order valence-electron chi connectivity index (χ0n) is 21.3. The van der Waals surface area contributed by atoms with Crippen LogP contribution in [0.25, 0.3) is 10.9 Å². The highest BCUT2D eigenvalue weighted by Crippen LogP contribution is 2.36. The number of hydrogen-bond acceptors (Lipinski definition) is 7. The van der Waals surface area contributed by atoms with Crippen LogP contribution in [-0.4, -0.2) is 60.2 Å². The Labute approximate surface area is 226 Å². The number of nitrogens with one attached hydrogen (secondary N) is 2. The fourth-order valence-corrected chi connectivity index (χ4v) is 4.77. The Bertz CT molecular complexity index is 1330. The van der Waals surface area contributed by atoms with Crippen molar-refractivity contribution in [1.29, 1.82) is 0 Å². The normalized spacial score (nSPS) is 17.8. The van der Waals surface area contributed by atoms with Gasteiger partial charge in [-0.2, -0.15) is 0 Å². The maximum atomic E-state index is 13.6. The molecule has 3 aromatic rings. The second-order valence-corrected chi connectivity index (χ2v) is 10.1. The van der Waals surface area contributed by atoms with Gasteiger partial charge in [-0.05, 0) is 62.4 Å². The highest BCUT2D eigenvalue weighted by atomic mass is 35.5. The van der Waals surface area contributed by atoms with Crippen LogP contribution in [0.15, 0.2) is 48.8 Å². The number of fused-ring (bicyclic) bond motifs is 1. The van der Waals surface area contributed by atoms with Crippen LogP contribution in [0.3, 0.4) is 0 Å². The van der Waals surface area contributed by atoms with Gasteiger partial charge in [-0.25, -0.2) is 14.4 Å². The van der Waals surface area contributed by atoms with Crippen molar-refractivity contribution in [2.45, 2.75) is 31.7 Å². The monoisotopic (exact) mass is 539 g/mol. The van der Waals surface area contributed by atoms with Crippen LogP contribution >= 0.6 is 11.6 Å².